The highest BCUT2D eigenvalue weighted by molar-refractivity contribution is 6.13. The van der Waals surface area contributed by atoms with Crippen molar-refractivity contribution in [1.29, 1.82) is 0 Å². The Balaban J connectivity index is 1.23. The largest absolute Gasteiger partial charge is 0.309 e. The van der Waals surface area contributed by atoms with Crippen LogP contribution in [0, 0.1) is 0 Å². The van der Waals surface area contributed by atoms with Crippen LogP contribution in [0.25, 0.3) is 66.1 Å². The Kier molecular flexibility index (Phi) is 4.37. The van der Waals surface area contributed by atoms with E-state index in [1.54, 1.807) is 0 Å². The second-order valence-electron chi connectivity index (χ2n) is 13.8. The Labute approximate surface area is 256 Å². The summed E-state index contributed by atoms with van der Waals surface area (Å²) in [6, 6.07) is 45.7. The second kappa shape index (κ2) is 7.89. The molecule has 8 aromatic rings. The number of hydrogen-bond acceptors (Lipinski definition) is 0. The molecule has 0 atom stereocenters. The normalized spacial score (nSPS) is 15.6. The Morgan fingerprint density at radius 2 is 0.909 bits per heavy atom. The van der Waals surface area contributed by atoms with Crippen molar-refractivity contribution in [2.75, 3.05) is 0 Å². The summed E-state index contributed by atoms with van der Waals surface area (Å²) in [6.45, 7) is 9.50. The number of fused-ring (bicyclic) bond motifs is 10. The zero-order chi connectivity index (χ0) is 29.5. The topological polar surface area (TPSA) is 9.86 Å². The zero-order valence-electron chi connectivity index (χ0n) is 25.4. The third-order valence-electron chi connectivity index (χ3n) is 10.9. The fraction of sp³-hybridized carbons (Fsp3) is 0.143. The number of para-hydroxylation sites is 4. The number of nitrogens with zero attached hydrogens (tertiary/aromatic N) is 2. The van der Waals surface area contributed by atoms with E-state index in [2.05, 4.69) is 158 Å². The van der Waals surface area contributed by atoms with Crippen molar-refractivity contribution in [2.45, 2.75) is 38.5 Å². The van der Waals surface area contributed by atoms with Crippen molar-refractivity contribution in [1.82, 2.24) is 9.13 Å². The minimum absolute atomic E-state index is 0.0578. The van der Waals surface area contributed by atoms with E-state index < -0.39 is 0 Å². The second-order valence-corrected chi connectivity index (χ2v) is 13.8. The third-order valence-corrected chi connectivity index (χ3v) is 10.9. The summed E-state index contributed by atoms with van der Waals surface area (Å²) in [6.07, 6.45) is 0. The van der Waals surface area contributed by atoms with Gasteiger partial charge in [-0.2, -0.15) is 0 Å². The molecule has 0 radical (unpaired) electrons. The first-order valence-corrected chi connectivity index (χ1v) is 15.7. The van der Waals surface area contributed by atoms with Gasteiger partial charge in [-0.3, -0.25) is 0 Å². The number of hydrogen-bond donors (Lipinski definition) is 0. The molecule has 2 aromatic heterocycles. The highest BCUT2D eigenvalue weighted by atomic mass is 15.0. The molecule has 2 aliphatic rings. The molecular formula is C42H32N2. The van der Waals surface area contributed by atoms with Crippen LogP contribution < -0.4 is 0 Å². The van der Waals surface area contributed by atoms with Crippen LogP contribution in [-0.2, 0) is 10.8 Å². The van der Waals surface area contributed by atoms with Gasteiger partial charge in [-0.15, -0.1) is 0 Å². The van der Waals surface area contributed by atoms with Crippen LogP contribution in [0.15, 0.2) is 121 Å². The van der Waals surface area contributed by atoms with Crippen LogP contribution >= 0.6 is 0 Å². The van der Waals surface area contributed by atoms with Gasteiger partial charge in [-0.05, 0) is 69.8 Å². The molecule has 44 heavy (non-hydrogen) atoms. The summed E-state index contributed by atoms with van der Waals surface area (Å²) in [7, 11) is 0. The molecule has 0 unspecified atom stereocenters. The van der Waals surface area contributed by atoms with Crippen LogP contribution in [0.2, 0.25) is 0 Å². The highest BCUT2D eigenvalue weighted by Crippen LogP contribution is 2.50. The third kappa shape index (κ3) is 2.78. The molecule has 0 bridgehead atoms. The van der Waals surface area contributed by atoms with E-state index in [-0.39, 0.29) is 10.8 Å². The zero-order valence-corrected chi connectivity index (χ0v) is 25.4. The van der Waals surface area contributed by atoms with E-state index in [1.807, 2.05) is 0 Å². The van der Waals surface area contributed by atoms with Gasteiger partial charge in [0.05, 0.1) is 33.4 Å². The molecule has 0 amide bonds. The molecule has 4 heterocycles. The number of rotatable bonds is 1. The Hall–Kier alpha value is -5.08. The Bertz CT molecular complexity index is 2550. The van der Waals surface area contributed by atoms with Crippen LogP contribution in [-0.4, -0.2) is 9.13 Å². The van der Waals surface area contributed by atoms with Crippen LogP contribution in [0.1, 0.15) is 49.9 Å². The fourth-order valence-corrected chi connectivity index (χ4v) is 8.67. The average Bonchev–Trinajstić information content (AvgIpc) is 3.56. The van der Waals surface area contributed by atoms with E-state index in [0.717, 1.165) is 0 Å². The van der Waals surface area contributed by atoms with Crippen LogP contribution in [0.5, 0.6) is 0 Å². The maximum Gasteiger partial charge on any atom is 0.0582 e. The predicted octanol–water partition coefficient (Wildman–Crippen LogP) is 10.8. The van der Waals surface area contributed by atoms with Gasteiger partial charge in [-0.1, -0.05) is 113 Å². The maximum atomic E-state index is 2.50. The van der Waals surface area contributed by atoms with Gasteiger partial charge in [0.1, 0.15) is 0 Å². The van der Waals surface area contributed by atoms with E-state index in [9.17, 15) is 0 Å². The molecular weight excluding hydrogens is 532 g/mol. The fourth-order valence-electron chi connectivity index (χ4n) is 8.67. The highest BCUT2D eigenvalue weighted by Gasteiger charge is 2.36. The average molecular weight is 565 g/mol. The van der Waals surface area contributed by atoms with Crippen LogP contribution in [0.3, 0.4) is 0 Å². The minimum Gasteiger partial charge on any atom is -0.309 e. The van der Waals surface area contributed by atoms with Gasteiger partial charge in [0.2, 0.25) is 0 Å². The lowest BCUT2D eigenvalue weighted by Gasteiger charge is -2.35. The predicted molar refractivity (Wildman–Crippen MR) is 185 cm³/mol. The summed E-state index contributed by atoms with van der Waals surface area (Å²) in [5.41, 5.74) is 15.7. The lowest BCUT2D eigenvalue weighted by atomic mass is 9.74. The molecule has 2 heteroatoms. The van der Waals surface area contributed by atoms with Gasteiger partial charge in [0, 0.05) is 32.4 Å². The Morgan fingerprint density at radius 1 is 0.386 bits per heavy atom. The summed E-state index contributed by atoms with van der Waals surface area (Å²) < 4.78 is 5.00. The first-order valence-electron chi connectivity index (χ1n) is 15.7. The molecule has 0 N–H and O–H groups in total. The SMILES string of the molecule is CC1(C)c2cc(-c3ccc4c(c3)c3cccc5c3n4-c3ccccc3C5(C)C)ccc2-n2c3ccccc3c3cccc1c32. The quantitative estimate of drug-likeness (QED) is 0.188. The van der Waals surface area contributed by atoms with Crippen LogP contribution in [0.4, 0.5) is 0 Å². The van der Waals surface area contributed by atoms with E-state index in [4.69, 9.17) is 0 Å². The standard InChI is InChI=1S/C42H32N2/c1-41(2)31-14-6-8-18-37(31)44-36-21-19-25(23-30(36)29-13-10-15-32(41)40(29)44)26-20-22-38-34(24-26)42(3,4)33-16-9-12-28-27-11-5-7-17-35(27)43(38)39(28)33/h5-24H,1-4H3. The van der Waals surface area contributed by atoms with E-state index in [1.165, 1.54) is 88.4 Å². The minimum atomic E-state index is -0.127. The molecule has 10 rings (SSSR count). The van der Waals surface area contributed by atoms with E-state index in [0.29, 0.717) is 0 Å². The van der Waals surface area contributed by atoms with Crippen molar-refractivity contribution >= 4 is 43.6 Å². The van der Waals surface area contributed by atoms with Gasteiger partial charge in [0.15, 0.2) is 0 Å². The smallest absolute Gasteiger partial charge is 0.0582 e. The molecule has 210 valence electrons. The molecule has 2 aliphatic heterocycles. The molecule has 6 aromatic carbocycles. The van der Waals surface area contributed by atoms with Crippen molar-refractivity contribution < 1.29 is 0 Å². The van der Waals surface area contributed by atoms with E-state index >= 15 is 0 Å². The van der Waals surface area contributed by atoms with Crippen molar-refractivity contribution in [3.05, 3.63) is 144 Å². The van der Waals surface area contributed by atoms with Crippen molar-refractivity contribution in [2.24, 2.45) is 0 Å². The molecule has 2 nitrogen and oxygen atoms in total. The summed E-state index contributed by atoms with van der Waals surface area (Å²) in [4.78, 5) is 0. The van der Waals surface area contributed by atoms with Gasteiger partial charge in [0.25, 0.3) is 0 Å². The molecule has 0 fully saturated rings. The lowest BCUT2D eigenvalue weighted by Crippen LogP contribution is -2.26. The Morgan fingerprint density at radius 3 is 1.68 bits per heavy atom. The molecule has 0 aliphatic carbocycles. The summed E-state index contributed by atoms with van der Waals surface area (Å²) in [5, 5.41) is 5.30. The summed E-state index contributed by atoms with van der Waals surface area (Å²) >= 11 is 0. The number of aromatic nitrogens is 2. The molecule has 0 spiro atoms. The number of benzene rings is 6. The van der Waals surface area contributed by atoms with Gasteiger partial charge >= 0.3 is 0 Å². The monoisotopic (exact) mass is 564 g/mol. The molecule has 0 saturated heterocycles. The molecule has 0 saturated carbocycles. The lowest BCUT2D eigenvalue weighted by molar-refractivity contribution is 0.630. The van der Waals surface area contributed by atoms with Crippen molar-refractivity contribution in [3.63, 3.8) is 0 Å². The summed E-state index contributed by atoms with van der Waals surface area (Å²) in [5.74, 6) is 0. The first-order chi connectivity index (χ1) is 21.4. The van der Waals surface area contributed by atoms with Crippen molar-refractivity contribution in [3.8, 4) is 22.5 Å². The van der Waals surface area contributed by atoms with Gasteiger partial charge < -0.3 is 9.13 Å². The maximum absolute atomic E-state index is 2.50. The van der Waals surface area contributed by atoms with Gasteiger partial charge in [-0.25, -0.2) is 0 Å². The first kappa shape index (κ1) is 24.4.